The van der Waals surface area contributed by atoms with E-state index >= 15 is 0 Å². The maximum Gasteiger partial charge on any atom is 0.255 e. The first kappa shape index (κ1) is 20.1. The van der Waals surface area contributed by atoms with Gasteiger partial charge in [-0.05, 0) is 62.0 Å². The van der Waals surface area contributed by atoms with Gasteiger partial charge in [0.2, 0.25) is 0 Å². The van der Waals surface area contributed by atoms with Crippen molar-refractivity contribution in [3.05, 3.63) is 65.2 Å². The van der Waals surface area contributed by atoms with Gasteiger partial charge in [0, 0.05) is 35.2 Å². The molecule has 0 aliphatic heterocycles. The van der Waals surface area contributed by atoms with Gasteiger partial charge in [-0.1, -0.05) is 20.8 Å². The first-order chi connectivity index (χ1) is 13.5. The van der Waals surface area contributed by atoms with Gasteiger partial charge >= 0.3 is 0 Å². The van der Waals surface area contributed by atoms with Crippen LogP contribution in [0.5, 0.6) is 0 Å². The third kappa shape index (κ3) is 4.42. The minimum absolute atomic E-state index is 0.261. The number of hydrogen-bond acceptors (Lipinski definition) is 3. The average molecular weight is 382 g/mol. The van der Waals surface area contributed by atoms with Crippen LogP contribution in [-0.2, 0) is 12.8 Å². The molecule has 0 saturated heterocycles. The van der Waals surface area contributed by atoms with E-state index in [-0.39, 0.29) is 11.7 Å². The Hall–Kier alpha value is -2.66. The van der Waals surface area contributed by atoms with Crippen molar-refractivity contribution in [2.75, 3.05) is 25.0 Å². The number of likely N-dealkylation sites (N-methyl/N-ethyl adjacent to an activating group) is 1. The molecule has 1 heterocycles. The van der Waals surface area contributed by atoms with Crippen molar-refractivity contribution in [2.45, 2.75) is 33.6 Å². The zero-order chi connectivity index (χ0) is 20.1. The molecule has 0 saturated carbocycles. The molecule has 0 spiro atoms. The van der Waals surface area contributed by atoms with Gasteiger partial charge in [0.05, 0.1) is 0 Å². The number of carbonyl (C=O) groups excluding carboxylic acids is 1. The molecule has 1 amide bonds. The van der Waals surface area contributed by atoms with Gasteiger partial charge in [0.15, 0.2) is 0 Å². The lowest BCUT2D eigenvalue weighted by molar-refractivity contribution is 0.102. The third-order valence-electron chi connectivity index (χ3n) is 5.13. The van der Waals surface area contributed by atoms with Crippen LogP contribution in [0.1, 0.15) is 42.5 Å². The first-order valence-corrected chi connectivity index (χ1v) is 9.89. The standard InChI is InChI=1S/C23H27FN2O2/c1-4-21-19(13-14-26(5-2)6-3)20-15-18(11-12-22(20)28-21)25-23(27)16-7-9-17(24)10-8-16/h7-12,15H,4-6,13-14H2,1-3H3,(H,25,27). The van der Waals surface area contributed by atoms with E-state index < -0.39 is 0 Å². The van der Waals surface area contributed by atoms with Crippen molar-refractivity contribution in [1.29, 1.82) is 0 Å². The highest BCUT2D eigenvalue weighted by molar-refractivity contribution is 6.05. The summed E-state index contributed by atoms with van der Waals surface area (Å²) in [5.41, 5.74) is 3.17. The van der Waals surface area contributed by atoms with Gasteiger partial charge in [0.25, 0.3) is 5.91 Å². The highest BCUT2D eigenvalue weighted by atomic mass is 19.1. The molecule has 0 atom stereocenters. The maximum atomic E-state index is 13.1. The van der Waals surface area contributed by atoms with E-state index in [9.17, 15) is 9.18 Å². The molecule has 1 aromatic heterocycles. The third-order valence-corrected chi connectivity index (χ3v) is 5.13. The Morgan fingerprint density at radius 1 is 1.07 bits per heavy atom. The van der Waals surface area contributed by atoms with Crippen LogP contribution < -0.4 is 5.32 Å². The molecule has 1 N–H and O–H groups in total. The lowest BCUT2D eigenvalue weighted by Crippen LogP contribution is -2.25. The van der Waals surface area contributed by atoms with E-state index in [1.165, 1.54) is 29.8 Å². The summed E-state index contributed by atoms with van der Waals surface area (Å²) >= 11 is 0. The summed E-state index contributed by atoms with van der Waals surface area (Å²) in [6, 6.07) is 11.2. The fourth-order valence-corrected chi connectivity index (χ4v) is 3.45. The van der Waals surface area contributed by atoms with Gasteiger partial charge in [-0.3, -0.25) is 4.79 Å². The average Bonchev–Trinajstić information content (AvgIpc) is 3.06. The Morgan fingerprint density at radius 3 is 2.43 bits per heavy atom. The summed E-state index contributed by atoms with van der Waals surface area (Å²) in [6.07, 6.45) is 1.74. The van der Waals surface area contributed by atoms with E-state index in [0.29, 0.717) is 11.3 Å². The SMILES string of the molecule is CCc1oc2ccc(NC(=O)c3ccc(F)cc3)cc2c1CCN(CC)CC. The zero-order valence-corrected chi connectivity index (χ0v) is 16.7. The number of nitrogens with one attached hydrogen (secondary N) is 1. The Balaban J connectivity index is 1.85. The van der Waals surface area contributed by atoms with E-state index in [0.717, 1.165) is 49.2 Å². The number of anilines is 1. The number of halogens is 1. The molecule has 0 radical (unpaired) electrons. The molecule has 4 nitrogen and oxygen atoms in total. The molecule has 0 aliphatic rings. The summed E-state index contributed by atoms with van der Waals surface area (Å²) in [7, 11) is 0. The van der Waals surface area contributed by atoms with Gasteiger partial charge in [-0.15, -0.1) is 0 Å². The van der Waals surface area contributed by atoms with Gasteiger partial charge < -0.3 is 14.6 Å². The molecule has 0 bridgehead atoms. The molecular formula is C23H27FN2O2. The zero-order valence-electron chi connectivity index (χ0n) is 16.7. The normalized spacial score (nSPS) is 11.3. The topological polar surface area (TPSA) is 45.5 Å². The highest BCUT2D eigenvalue weighted by Gasteiger charge is 2.15. The Morgan fingerprint density at radius 2 is 1.79 bits per heavy atom. The Labute approximate surface area is 165 Å². The molecule has 28 heavy (non-hydrogen) atoms. The molecule has 5 heteroatoms. The molecule has 148 valence electrons. The van der Waals surface area contributed by atoms with Gasteiger partial charge in [0.1, 0.15) is 17.2 Å². The van der Waals surface area contributed by atoms with Crippen molar-refractivity contribution in [1.82, 2.24) is 4.90 Å². The van der Waals surface area contributed by atoms with E-state index in [2.05, 4.69) is 31.0 Å². The largest absolute Gasteiger partial charge is 0.461 e. The molecular weight excluding hydrogens is 355 g/mol. The second kappa shape index (κ2) is 9.02. The van der Waals surface area contributed by atoms with Crippen LogP contribution >= 0.6 is 0 Å². The highest BCUT2D eigenvalue weighted by Crippen LogP contribution is 2.30. The van der Waals surface area contributed by atoms with Crippen molar-refractivity contribution in [3.8, 4) is 0 Å². The number of aryl methyl sites for hydroxylation is 1. The van der Waals surface area contributed by atoms with Crippen LogP contribution in [-0.4, -0.2) is 30.4 Å². The summed E-state index contributed by atoms with van der Waals surface area (Å²) in [5, 5.41) is 3.94. The number of rotatable bonds is 8. The van der Waals surface area contributed by atoms with Crippen molar-refractivity contribution in [2.24, 2.45) is 0 Å². The van der Waals surface area contributed by atoms with Crippen LogP contribution in [0.25, 0.3) is 11.0 Å². The number of hydrogen-bond donors (Lipinski definition) is 1. The number of furan rings is 1. The van der Waals surface area contributed by atoms with E-state index in [1.54, 1.807) is 0 Å². The minimum Gasteiger partial charge on any atom is -0.461 e. The smallest absolute Gasteiger partial charge is 0.255 e. The number of amides is 1. The Kier molecular flexibility index (Phi) is 6.47. The molecule has 0 fully saturated rings. The number of benzene rings is 2. The van der Waals surface area contributed by atoms with Crippen LogP contribution in [0.3, 0.4) is 0 Å². The summed E-state index contributed by atoms with van der Waals surface area (Å²) in [6.45, 7) is 9.44. The fourth-order valence-electron chi connectivity index (χ4n) is 3.45. The maximum absolute atomic E-state index is 13.1. The van der Waals surface area contributed by atoms with E-state index in [4.69, 9.17) is 4.42 Å². The van der Waals surface area contributed by atoms with Crippen molar-refractivity contribution < 1.29 is 13.6 Å². The lowest BCUT2D eigenvalue weighted by Gasteiger charge is -2.17. The molecule has 3 aromatic rings. The van der Waals surface area contributed by atoms with Crippen LogP contribution in [0.15, 0.2) is 46.9 Å². The molecule has 0 unspecified atom stereocenters. The summed E-state index contributed by atoms with van der Waals surface area (Å²) < 4.78 is 19.1. The summed E-state index contributed by atoms with van der Waals surface area (Å²) in [4.78, 5) is 14.8. The minimum atomic E-state index is -0.360. The van der Waals surface area contributed by atoms with Crippen molar-refractivity contribution >= 4 is 22.6 Å². The second-order valence-electron chi connectivity index (χ2n) is 6.81. The quantitative estimate of drug-likeness (QED) is 0.577. The molecule has 0 aliphatic carbocycles. The van der Waals surface area contributed by atoms with Gasteiger partial charge in [-0.25, -0.2) is 4.39 Å². The van der Waals surface area contributed by atoms with Gasteiger partial charge in [-0.2, -0.15) is 0 Å². The first-order valence-electron chi connectivity index (χ1n) is 9.89. The Bertz CT molecular complexity index is 943. The van der Waals surface area contributed by atoms with Crippen LogP contribution in [0.2, 0.25) is 0 Å². The van der Waals surface area contributed by atoms with Crippen molar-refractivity contribution in [3.63, 3.8) is 0 Å². The lowest BCUT2D eigenvalue weighted by atomic mass is 10.0. The number of fused-ring (bicyclic) bond motifs is 1. The molecule has 3 rings (SSSR count). The number of carbonyl (C=O) groups is 1. The predicted molar refractivity (Wildman–Crippen MR) is 111 cm³/mol. The predicted octanol–water partition coefficient (Wildman–Crippen LogP) is 5.27. The number of nitrogens with zero attached hydrogens (tertiary/aromatic N) is 1. The monoisotopic (exact) mass is 382 g/mol. The van der Waals surface area contributed by atoms with E-state index in [1.807, 2.05) is 18.2 Å². The molecule has 2 aromatic carbocycles. The second-order valence-corrected chi connectivity index (χ2v) is 6.81. The van der Waals surface area contributed by atoms with Crippen LogP contribution in [0.4, 0.5) is 10.1 Å². The summed E-state index contributed by atoms with van der Waals surface area (Å²) in [5.74, 6) is 0.383. The fraction of sp³-hybridized carbons (Fsp3) is 0.348. The van der Waals surface area contributed by atoms with Crippen LogP contribution in [0, 0.1) is 5.82 Å².